The molecule has 1 saturated heterocycles. The van der Waals surface area contributed by atoms with Crippen LogP contribution in [0.25, 0.3) is 17.1 Å². The molecule has 2 aromatic carbocycles. The molecular formula is C22H25N5OS. The molecule has 0 aliphatic carbocycles. The summed E-state index contributed by atoms with van der Waals surface area (Å²) in [6, 6.07) is 20.1. The van der Waals surface area contributed by atoms with Gasteiger partial charge in [0.2, 0.25) is 5.91 Å². The second kappa shape index (κ2) is 9.24. The van der Waals surface area contributed by atoms with Gasteiger partial charge in [-0.2, -0.15) is 0 Å². The third kappa shape index (κ3) is 4.68. The van der Waals surface area contributed by atoms with Crippen LogP contribution in [0, 0.1) is 0 Å². The van der Waals surface area contributed by atoms with E-state index in [-0.39, 0.29) is 5.91 Å². The van der Waals surface area contributed by atoms with Crippen LogP contribution in [-0.4, -0.2) is 69.5 Å². The van der Waals surface area contributed by atoms with E-state index in [0.29, 0.717) is 5.75 Å². The summed E-state index contributed by atoms with van der Waals surface area (Å²) >= 11 is 1.45. The molecule has 0 bridgehead atoms. The highest BCUT2D eigenvalue weighted by Gasteiger charge is 2.20. The van der Waals surface area contributed by atoms with Gasteiger partial charge in [0.15, 0.2) is 11.0 Å². The molecule has 1 aliphatic rings. The van der Waals surface area contributed by atoms with Crippen LogP contribution in [-0.2, 0) is 4.79 Å². The number of likely N-dealkylation sites (N-methyl/N-ethyl adjacent to an activating group) is 1. The molecule has 2 heterocycles. The van der Waals surface area contributed by atoms with E-state index in [1.807, 2.05) is 70.1 Å². The van der Waals surface area contributed by atoms with Gasteiger partial charge in [-0.15, -0.1) is 10.2 Å². The molecule has 3 aromatic rings. The molecule has 1 aliphatic heterocycles. The normalized spacial score (nSPS) is 15.3. The van der Waals surface area contributed by atoms with Gasteiger partial charge in [0, 0.05) is 30.9 Å². The lowest BCUT2D eigenvalue weighted by Gasteiger charge is -2.20. The predicted molar refractivity (Wildman–Crippen MR) is 116 cm³/mol. The van der Waals surface area contributed by atoms with Crippen molar-refractivity contribution in [2.45, 2.75) is 11.6 Å². The van der Waals surface area contributed by atoms with Gasteiger partial charge in [0.25, 0.3) is 0 Å². The van der Waals surface area contributed by atoms with E-state index in [1.54, 1.807) is 0 Å². The number of amides is 1. The lowest BCUT2D eigenvalue weighted by molar-refractivity contribution is -0.128. The van der Waals surface area contributed by atoms with Crippen molar-refractivity contribution in [1.82, 2.24) is 24.6 Å². The van der Waals surface area contributed by atoms with Crippen molar-refractivity contribution < 1.29 is 4.79 Å². The molecule has 0 unspecified atom stereocenters. The number of para-hydroxylation sites is 1. The van der Waals surface area contributed by atoms with Crippen molar-refractivity contribution in [3.05, 3.63) is 60.7 Å². The van der Waals surface area contributed by atoms with Gasteiger partial charge in [0.05, 0.1) is 5.75 Å². The Kier molecular flexibility index (Phi) is 6.27. The van der Waals surface area contributed by atoms with E-state index in [9.17, 15) is 4.79 Å². The first-order valence-electron chi connectivity index (χ1n) is 9.88. The topological polar surface area (TPSA) is 54.3 Å². The molecule has 0 saturated carbocycles. The average molecular weight is 408 g/mol. The third-order valence-electron chi connectivity index (χ3n) is 5.08. The number of benzene rings is 2. The van der Waals surface area contributed by atoms with Crippen LogP contribution in [0.15, 0.2) is 65.8 Å². The largest absolute Gasteiger partial charge is 0.341 e. The fourth-order valence-corrected chi connectivity index (χ4v) is 4.32. The number of nitrogens with zero attached hydrogens (tertiary/aromatic N) is 5. The number of hydrogen-bond donors (Lipinski definition) is 0. The highest BCUT2D eigenvalue weighted by molar-refractivity contribution is 7.99. The molecule has 1 aromatic heterocycles. The van der Waals surface area contributed by atoms with Gasteiger partial charge in [-0.05, 0) is 32.1 Å². The van der Waals surface area contributed by atoms with Crippen molar-refractivity contribution in [3.63, 3.8) is 0 Å². The first-order valence-corrected chi connectivity index (χ1v) is 10.9. The monoisotopic (exact) mass is 407 g/mol. The van der Waals surface area contributed by atoms with Gasteiger partial charge >= 0.3 is 0 Å². The Balaban J connectivity index is 1.56. The maximum atomic E-state index is 12.8. The minimum absolute atomic E-state index is 0.161. The van der Waals surface area contributed by atoms with E-state index in [1.165, 1.54) is 11.8 Å². The van der Waals surface area contributed by atoms with Crippen molar-refractivity contribution in [3.8, 4) is 17.1 Å². The smallest absolute Gasteiger partial charge is 0.233 e. The van der Waals surface area contributed by atoms with E-state index in [2.05, 4.69) is 22.1 Å². The quantitative estimate of drug-likeness (QED) is 0.608. The maximum Gasteiger partial charge on any atom is 0.233 e. The van der Waals surface area contributed by atoms with E-state index >= 15 is 0 Å². The Morgan fingerprint density at radius 2 is 1.66 bits per heavy atom. The summed E-state index contributed by atoms with van der Waals surface area (Å²) in [5.41, 5.74) is 1.99. The zero-order valence-corrected chi connectivity index (χ0v) is 17.4. The van der Waals surface area contributed by atoms with Crippen LogP contribution in [0.4, 0.5) is 0 Å². The lowest BCUT2D eigenvalue weighted by Crippen LogP contribution is -2.35. The van der Waals surface area contributed by atoms with Crippen LogP contribution in [0.5, 0.6) is 0 Å². The molecule has 7 heteroatoms. The summed E-state index contributed by atoms with van der Waals surface area (Å²) in [5.74, 6) is 1.31. The molecule has 0 spiro atoms. The Hall–Kier alpha value is -2.64. The van der Waals surface area contributed by atoms with Crippen molar-refractivity contribution in [2.24, 2.45) is 0 Å². The van der Waals surface area contributed by atoms with Crippen LogP contribution < -0.4 is 0 Å². The van der Waals surface area contributed by atoms with Gasteiger partial charge in [-0.25, -0.2) is 0 Å². The van der Waals surface area contributed by atoms with Gasteiger partial charge in [-0.1, -0.05) is 60.3 Å². The fraction of sp³-hybridized carbons (Fsp3) is 0.318. The zero-order valence-electron chi connectivity index (χ0n) is 16.6. The summed E-state index contributed by atoms with van der Waals surface area (Å²) in [4.78, 5) is 17.0. The molecule has 6 nitrogen and oxygen atoms in total. The van der Waals surface area contributed by atoms with Crippen LogP contribution in [0.2, 0.25) is 0 Å². The van der Waals surface area contributed by atoms with E-state index in [4.69, 9.17) is 0 Å². The lowest BCUT2D eigenvalue weighted by atomic mass is 10.2. The minimum Gasteiger partial charge on any atom is -0.341 e. The predicted octanol–water partition coefficient (Wildman–Crippen LogP) is 3.19. The fourth-order valence-electron chi connectivity index (χ4n) is 3.46. The zero-order chi connectivity index (χ0) is 20.1. The maximum absolute atomic E-state index is 12.8. The number of carbonyl (C=O) groups is 1. The van der Waals surface area contributed by atoms with Crippen LogP contribution >= 0.6 is 11.8 Å². The SMILES string of the molecule is CN1CCCN(C(=O)CSc2nnc(-c3ccccc3)n2-c2ccccc2)CC1. The number of hydrogen-bond acceptors (Lipinski definition) is 5. The molecule has 29 heavy (non-hydrogen) atoms. The third-order valence-corrected chi connectivity index (χ3v) is 5.99. The summed E-state index contributed by atoms with van der Waals surface area (Å²) < 4.78 is 2.03. The standard InChI is InChI=1S/C22H25N5OS/c1-25-13-8-14-26(16-15-25)20(28)17-29-22-24-23-21(18-9-4-2-5-10-18)27(22)19-11-6-3-7-12-19/h2-7,9-12H,8,13-17H2,1H3. The van der Waals surface area contributed by atoms with Crippen molar-refractivity contribution in [1.29, 1.82) is 0 Å². The van der Waals surface area contributed by atoms with Crippen molar-refractivity contribution in [2.75, 3.05) is 39.0 Å². The first-order chi connectivity index (χ1) is 14.2. The summed E-state index contributed by atoms with van der Waals surface area (Å²) in [5, 5.41) is 9.58. The van der Waals surface area contributed by atoms with Crippen molar-refractivity contribution >= 4 is 17.7 Å². The van der Waals surface area contributed by atoms with Crippen LogP contribution in [0.1, 0.15) is 6.42 Å². The average Bonchev–Trinajstić information content (AvgIpc) is 3.07. The second-order valence-corrected chi connectivity index (χ2v) is 8.11. The number of thioether (sulfide) groups is 1. The molecule has 0 radical (unpaired) electrons. The highest BCUT2D eigenvalue weighted by atomic mass is 32.2. The Morgan fingerprint density at radius 1 is 0.931 bits per heavy atom. The molecule has 0 N–H and O–H groups in total. The minimum atomic E-state index is 0.161. The molecular weight excluding hydrogens is 382 g/mol. The molecule has 1 amide bonds. The van der Waals surface area contributed by atoms with E-state index < -0.39 is 0 Å². The summed E-state index contributed by atoms with van der Waals surface area (Å²) in [6.45, 7) is 3.58. The Bertz CT molecular complexity index is 944. The van der Waals surface area contributed by atoms with Gasteiger partial charge < -0.3 is 9.80 Å². The molecule has 1 fully saturated rings. The van der Waals surface area contributed by atoms with Gasteiger partial charge in [-0.3, -0.25) is 9.36 Å². The first kappa shape index (κ1) is 19.7. The summed E-state index contributed by atoms with van der Waals surface area (Å²) in [7, 11) is 2.11. The Labute approximate surface area is 175 Å². The highest BCUT2D eigenvalue weighted by Crippen LogP contribution is 2.28. The van der Waals surface area contributed by atoms with E-state index in [0.717, 1.165) is 54.8 Å². The van der Waals surface area contributed by atoms with Gasteiger partial charge in [0.1, 0.15) is 0 Å². The van der Waals surface area contributed by atoms with Crippen LogP contribution in [0.3, 0.4) is 0 Å². The number of aromatic nitrogens is 3. The second-order valence-electron chi connectivity index (χ2n) is 7.17. The molecule has 4 rings (SSSR count). The summed E-state index contributed by atoms with van der Waals surface area (Å²) in [6.07, 6.45) is 1.02. The number of carbonyl (C=O) groups excluding carboxylic acids is 1. The number of rotatable bonds is 5. The molecule has 0 atom stereocenters. The molecule has 150 valence electrons. The Morgan fingerprint density at radius 3 is 2.41 bits per heavy atom.